The number of hydrogen-bond donors (Lipinski definition) is 2. The zero-order valence-electron chi connectivity index (χ0n) is 13.7. The minimum atomic E-state index is -0.106. The molecule has 25 heavy (non-hydrogen) atoms. The van der Waals surface area contributed by atoms with Crippen LogP contribution in [0.4, 0.5) is 5.82 Å². The van der Waals surface area contributed by atoms with E-state index in [9.17, 15) is 5.11 Å². The highest BCUT2D eigenvalue weighted by Crippen LogP contribution is 2.33. The summed E-state index contributed by atoms with van der Waals surface area (Å²) in [5, 5.41) is 13.2. The molecule has 1 aromatic carbocycles. The van der Waals surface area contributed by atoms with Crippen LogP contribution in [0, 0.1) is 0 Å². The van der Waals surface area contributed by atoms with E-state index >= 15 is 0 Å². The van der Waals surface area contributed by atoms with Crippen LogP contribution in [0.3, 0.4) is 0 Å². The molecule has 0 spiro atoms. The summed E-state index contributed by atoms with van der Waals surface area (Å²) in [6, 6.07) is 7.78. The van der Waals surface area contributed by atoms with Crippen molar-refractivity contribution in [2.24, 2.45) is 0 Å². The minimum Gasteiger partial charge on any atom is -0.496 e. The maximum absolute atomic E-state index is 9.31. The summed E-state index contributed by atoms with van der Waals surface area (Å²) in [5.74, 6) is 2.23. The summed E-state index contributed by atoms with van der Waals surface area (Å²) in [4.78, 5) is 13.5. The predicted octanol–water partition coefficient (Wildman–Crippen LogP) is 3.94. The molecular formula is C16H17BrN4O2S2. The monoisotopic (exact) mass is 440 g/mol. The summed E-state index contributed by atoms with van der Waals surface area (Å²) in [6.45, 7) is 1.92. The van der Waals surface area contributed by atoms with E-state index in [0.29, 0.717) is 22.4 Å². The number of anilines is 1. The summed E-state index contributed by atoms with van der Waals surface area (Å²) in [6.07, 6.45) is 0. The molecule has 0 saturated carbocycles. The van der Waals surface area contributed by atoms with Gasteiger partial charge in [0.05, 0.1) is 13.7 Å². The van der Waals surface area contributed by atoms with Crippen LogP contribution in [0.2, 0.25) is 0 Å². The van der Waals surface area contributed by atoms with E-state index in [4.69, 9.17) is 4.74 Å². The van der Waals surface area contributed by atoms with Crippen LogP contribution < -0.4 is 10.1 Å². The number of ether oxygens (including phenoxy) is 1. The molecule has 0 bridgehead atoms. The number of hydrogen-bond acceptors (Lipinski definition) is 8. The lowest BCUT2D eigenvalue weighted by atomic mass is 10.2. The van der Waals surface area contributed by atoms with Gasteiger partial charge in [-0.2, -0.15) is 0 Å². The number of para-hydroxylation sites is 1. The van der Waals surface area contributed by atoms with Gasteiger partial charge < -0.3 is 15.2 Å². The molecule has 0 saturated heterocycles. The van der Waals surface area contributed by atoms with Gasteiger partial charge >= 0.3 is 0 Å². The van der Waals surface area contributed by atoms with Gasteiger partial charge in [0.25, 0.3) is 0 Å². The van der Waals surface area contributed by atoms with Gasteiger partial charge in [-0.1, -0.05) is 30.0 Å². The van der Waals surface area contributed by atoms with Gasteiger partial charge in [0.15, 0.2) is 20.5 Å². The van der Waals surface area contributed by atoms with Crippen molar-refractivity contribution in [3.63, 3.8) is 0 Å². The van der Waals surface area contributed by atoms with Crippen molar-refractivity contribution < 1.29 is 9.84 Å². The van der Waals surface area contributed by atoms with Gasteiger partial charge in [0.1, 0.15) is 10.4 Å². The Kier molecular flexibility index (Phi) is 6.10. The second-order valence-corrected chi connectivity index (χ2v) is 8.52. The number of methoxy groups -OCH3 is 1. The van der Waals surface area contributed by atoms with Crippen LogP contribution in [0.25, 0.3) is 10.3 Å². The maximum atomic E-state index is 9.31. The number of aliphatic hydroxyl groups excluding tert-OH is 1. The van der Waals surface area contributed by atoms with Crippen LogP contribution in [-0.2, 0) is 5.75 Å². The fourth-order valence-electron chi connectivity index (χ4n) is 2.18. The first-order valence-corrected chi connectivity index (χ1v) is 10.2. The maximum Gasteiger partial charge on any atom is 0.191 e. The van der Waals surface area contributed by atoms with Crippen molar-refractivity contribution in [3.05, 3.63) is 33.7 Å². The Morgan fingerprint density at radius 1 is 1.32 bits per heavy atom. The molecule has 0 amide bonds. The minimum absolute atomic E-state index is 0.0230. The fourth-order valence-corrected chi connectivity index (χ4v) is 4.35. The molecule has 0 fully saturated rings. The van der Waals surface area contributed by atoms with E-state index in [0.717, 1.165) is 19.9 Å². The molecule has 0 radical (unpaired) electrons. The van der Waals surface area contributed by atoms with Gasteiger partial charge in [-0.05, 0) is 28.9 Å². The number of nitrogens with one attached hydrogen (secondary N) is 1. The highest BCUT2D eigenvalue weighted by molar-refractivity contribution is 9.11. The molecule has 0 unspecified atom stereocenters. The van der Waals surface area contributed by atoms with Crippen molar-refractivity contribution in [2.45, 2.75) is 23.9 Å². The van der Waals surface area contributed by atoms with Crippen molar-refractivity contribution in [3.8, 4) is 5.75 Å². The number of rotatable bonds is 7. The number of nitrogens with zero attached hydrogens (tertiary/aromatic N) is 3. The molecule has 0 aliphatic rings. The number of aliphatic hydroxyl groups is 1. The average molecular weight is 441 g/mol. The van der Waals surface area contributed by atoms with Crippen LogP contribution >= 0.6 is 39.0 Å². The lowest BCUT2D eigenvalue weighted by Crippen LogP contribution is -2.20. The Morgan fingerprint density at radius 3 is 2.88 bits per heavy atom. The molecule has 1 atom stereocenters. The number of thiazole rings is 1. The summed E-state index contributed by atoms with van der Waals surface area (Å²) >= 11 is 6.39. The number of thioether (sulfide) groups is 1. The van der Waals surface area contributed by atoms with Crippen LogP contribution in [-0.4, -0.2) is 39.8 Å². The molecule has 0 aliphatic carbocycles. The fraction of sp³-hybridized carbons (Fsp3) is 0.312. The van der Waals surface area contributed by atoms with E-state index in [1.165, 1.54) is 23.1 Å². The van der Waals surface area contributed by atoms with Crippen LogP contribution in [0.1, 0.15) is 12.5 Å². The first-order valence-electron chi connectivity index (χ1n) is 7.57. The second kappa shape index (κ2) is 8.31. The Balaban J connectivity index is 1.88. The molecule has 3 aromatic rings. The second-order valence-electron chi connectivity index (χ2n) is 5.30. The van der Waals surface area contributed by atoms with Gasteiger partial charge in [-0.25, -0.2) is 15.0 Å². The van der Waals surface area contributed by atoms with Crippen molar-refractivity contribution >= 4 is 55.2 Å². The molecule has 2 aromatic heterocycles. The largest absolute Gasteiger partial charge is 0.496 e. The molecule has 132 valence electrons. The van der Waals surface area contributed by atoms with Crippen molar-refractivity contribution in [1.29, 1.82) is 0 Å². The summed E-state index contributed by atoms with van der Waals surface area (Å²) in [5.41, 5.74) is 1.72. The van der Waals surface area contributed by atoms with Crippen LogP contribution in [0.5, 0.6) is 5.75 Å². The molecule has 9 heteroatoms. The number of fused-ring (bicyclic) bond motifs is 1. The molecule has 2 N–H and O–H groups in total. The van der Waals surface area contributed by atoms with Gasteiger partial charge in [0.2, 0.25) is 0 Å². The van der Waals surface area contributed by atoms with Crippen molar-refractivity contribution in [1.82, 2.24) is 15.0 Å². The van der Waals surface area contributed by atoms with Crippen molar-refractivity contribution in [2.75, 3.05) is 19.0 Å². The lowest BCUT2D eigenvalue weighted by molar-refractivity contribution is 0.281. The molecular weight excluding hydrogens is 424 g/mol. The number of aromatic nitrogens is 3. The average Bonchev–Trinajstić information content (AvgIpc) is 3.00. The first-order chi connectivity index (χ1) is 12.1. The third-order valence-electron chi connectivity index (χ3n) is 3.41. The van der Waals surface area contributed by atoms with E-state index in [-0.39, 0.29) is 12.6 Å². The Morgan fingerprint density at radius 2 is 2.12 bits per heavy atom. The van der Waals surface area contributed by atoms with E-state index in [2.05, 4.69) is 36.2 Å². The molecule has 2 heterocycles. The zero-order chi connectivity index (χ0) is 17.8. The van der Waals surface area contributed by atoms with E-state index in [1.807, 2.05) is 31.2 Å². The topological polar surface area (TPSA) is 80.2 Å². The van der Waals surface area contributed by atoms with Gasteiger partial charge in [0, 0.05) is 17.4 Å². The standard InChI is InChI=1S/C16H17BrN4O2S2/c1-9(7-22)18-13-12-14(19-15(17)25-12)21-16(20-13)24-8-10-5-3-4-6-11(10)23-2/h3-6,9,22H,7-8H2,1-2H3,(H,18,20,21)/t9-/m1/s1. The third kappa shape index (κ3) is 4.41. The molecule has 6 nitrogen and oxygen atoms in total. The van der Waals surface area contributed by atoms with E-state index < -0.39 is 0 Å². The SMILES string of the molecule is COc1ccccc1CSc1nc(N[C@H](C)CO)c2sc(Br)nc2n1. The Labute approximate surface area is 162 Å². The van der Waals surface area contributed by atoms with Gasteiger partial charge in [-0.3, -0.25) is 0 Å². The predicted molar refractivity (Wildman–Crippen MR) is 106 cm³/mol. The molecule has 0 aliphatic heterocycles. The normalized spacial score (nSPS) is 12.3. The van der Waals surface area contributed by atoms with Crippen LogP contribution in [0.15, 0.2) is 33.3 Å². The Bertz CT molecular complexity index is 874. The highest BCUT2D eigenvalue weighted by Gasteiger charge is 2.15. The van der Waals surface area contributed by atoms with Gasteiger partial charge in [-0.15, -0.1) is 11.3 Å². The highest BCUT2D eigenvalue weighted by atomic mass is 79.9. The zero-order valence-corrected chi connectivity index (χ0v) is 16.9. The Hall–Kier alpha value is -1.42. The molecule has 3 rings (SSSR count). The summed E-state index contributed by atoms with van der Waals surface area (Å²) in [7, 11) is 1.66. The third-order valence-corrected chi connectivity index (χ3v) is 5.81. The lowest BCUT2D eigenvalue weighted by Gasteiger charge is -2.13. The van der Waals surface area contributed by atoms with E-state index in [1.54, 1.807) is 7.11 Å². The first kappa shape index (κ1) is 18.4. The quantitative estimate of drug-likeness (QED) is 0.425. The smallest absolute Gasteiger partial charge is 0.191 e. The number of halogens is 1. The summed E-state index contributed by atoms with van der Waals surface area (Å²) < 4.78 is 7.01. The number of benzene rings is 1.